The zero-order valence-electron chi connectivity index (χ0n) is 14.2. The number of carbonyl (C=O) groups is 1. The van der Waals surface area contributed by atoms with Crippen LogP contribution < -0.4 is 10.9 Å². The number of nitrogens with one attached hydrogen (secondary N) is 1. The molecule has 0 aromatic carbocycles. The van der Waals surface area contributed by atoms with Crippen molar-refractivity contribution in [1.29, 1.82) is 0 Å². The molecular weight excluding hydrogens is 332 g/mol. The van der Waals surface area contributed by atoms with E-state index in [2.05, 4.69) is 5.32 Å². The summed E-state index contributed by atoms with van der Waals surface area (Å²) in [6.45, 7) is 1.31. The molecule has 0 unspecified atom stereocenters. The summed E-state index contributed by atoms with van der Waals surface area (Å²) in [7, 11) is 1.26. The average molecular weight is 356 g/mol. The maximum absolute atomic E-state index is 12.1. The lowest BCUT2D eigenvalue weighted by molar-refractivity contribution is 0.0939. The monoisotopic (exact) mass is 356 g/mol. The molecule has 9 heteroatoms. The van der Waals surface area contributed by atoms with Gasteiger partial charge in [-0.2, -0.15) is 17.0 Å². The van der Waals surface area contributed by atoms with Gasteiger partial charge in [0.15, 0.2) is 0 Å². The average Bonchev–Trinajstić information content (AvgIpc) is 2.55. The van der Waals surface area contributed by atoms with Crippen molar-refractivity contribution in [2.24, 2.45) is 13.0 Å². The van der Waals surface area contributed by atoms with Crippen molar-refractivity contribution < 1.29 is 13.2 Å². The van der Waals surface area contributed by atoms with Gasteiger partial charge in [0, 0.05) is 47.0 Å². The molecule has 1 fully saturated rings. The van der Waals surface area contributed by atoms with Crippen molar-refractivity contribution in [3.05, 3.63) is 34.2 Å². The molecule has 1 aromatic rings. The molecule has 0 bridgehead atoms. The van der Waals surface area contributed by atoms with E-state index in [0.29, 0.717) is 32.5 Å². The summed E-state index contributed by atoms with van der Waals surface area (Å²) in [6, 6.07) is 3.16. The maximum Gasteiger partial charge on any atom is 0.281 e. The molecule has 1 N–H and O–H groups in total. The Bertz CT molecular complexity index is 749. The predicted molar refractivity (Wildman–Crippen MR) is 90.9 cm³/mol. The molecule has 2 rings (SSSR count). The lowest BCUT2D eigenvalue weighted by atomic mass is 9.98. The van der Waals surface area contributed by atoms with E-state index >= 15 is 0 Å². The van der Waals surface area contributed by atoms with Gasteiger partial charge in [0.1, 0.15) is 5.56 Å². The van der Waals surface area contributed by atoms with Gasteiger partial charge >= 0.3 is 0 Å². The quantitative estimate of drug-likeness (QED) is 0.779. The molecule has 24 heavy (non-hydrogen) atoms. The summed E-state index contributed by atoms with van der Waals surface area (Å²) in [6.07, 6.45) is 2.96. The van der Waals surface area contributed by atoms with Crippen LogP contribution in [0.25, 0.3) is 0 Å². The minimum absolute atomic E-state index is 0.118. The Kier molecular flexibility index (Phi) is 5.79. The maximum atomic E-state index is 12.1. The number of aromatic nitrogens is 1. The topological polar surface area (TPSA) is 91.7 Å². The van der Waals surface area contributed by atoms with Gasteiger partial charge in [-0.3, -0.25) is 9.59 Å². The minimum atomic E-state index is -3.37. The lowest BCUT2D eigenvalue weighted by Crippen LogP contribution is -2.46. The first-order valence-corrected chi connectivity index (χ1v) is 9.24. The molecule has 134 valence electrons. The molecule has 0 atom stereocenters. The SMILES string of the molecule is CN(C)S(=O)(=O)N1CCC(CNC(=O)c2cccn(C)c2=O)CC1. The number of nitrogens with zero attached hydrogens (tertiary/aromatic N) is 3. The van der Waals surface area contributed by atoms with Crippen molar-refractivity contribution >= 4 is 16.1 Å². The van der Waals surface area contributed by atoms with Gasteiger partial charge in [-0.25, -0.2) is 0 Å². The summed E-state index contributed by atoms with van der Waals surface area (Å²) in [5.74, 6) is -0.185. The van der Waals surface area contributed by atoms with Crippen molar-refractivity contribution in [3.63, 3.8) is 0 Å². The van der Waals surface area contributed by atoms with Crippen LogP contribution in [0.5, 0.6) is 0 Å². The molecule has 0 radical (unpaired) electrons. The highest BCUT2D eigenvalue weighted by Gasteiger charge is 2.29. The Morgan fingerprint density at radius 2 is 1.96 bits per heavy atom. The molecule has 2 heterocycles. The van der Waals surface area contributed by atoms with E-state index in [9.17, 15) is 18.0 Å². The molecule has 0 spiro atoms. The second kappa shape index (κ2) is 7.45. The number of hydrogen-bond donors (Lipinski definition) is 1. The van der Waals surface area contributed by atoms with E-state index in [1.807, 2.05) is 0 Å². The molecule has 1 aliphatic heterocycles. The first kappa shape index (κ1) is 18.6. The zero-order valence-corrected chi connectivity index (χ0v) is 15.0. The van der Waals surface area contributed by atoms with E-state index in [-0.39, 0.29) is 22.9 Å². The van der Waals surface area contributed by atoms with E-state index in [1.54, 1.807) is 19.3 Å². The van der Waals surface area contributed by atoms with Crippen LogP contribution in [0.3, 0.4) is 0 Å². The fourth-order valence-electron chi connectivity index (χ4n) is 2.68. The molecule has 8 nitrogen and oxygen atoms in total. The fourth-order valence-corrected chi connectivity index (χ4v) is 3.81. The summed E-state index contributed by atoms with van der Waals surface area (Å²) in [5.41, 5.74) is -0.213. The Labute approximate surface area is 142 Å². The van der Waals surface area contributed by atoms with E-state index in [1.165, 1.54) is 33.3 Å². The first-order chi connectivity index (χ1) is 11.2. The van der Waals surface area contributed by atoms with E-state index in [0.717, 1.165) is 0 Å². The standard InChI is InChI=1S/C15H24N4O4S/c1-17(2)24(22,23)19-9-6-12(7-10-19)11-16-14(20)13-5-4-8-18(3)15(13)21/h4-5,8,12H,6-7,9-11H2,1-3H3,(H,16,20). The van der Waals surface area contributed by atoms with Crippen molar-refractivity contribution in [1.82, 2.24) is 18.5 Å². The van der Waals surface area contributed by atoms with Gasteiger partial charge in [0.25, 0.3) is 21.7 Å². The summed E-state index contributed by atoms with van der Waals surface area (Å²) >= 11 is 0. The number of hydrogen-bond acceptors (Lipinski definition) is 4. The van der Waals surface area contributed by atoms with Crippen LogP contribution in [-0.2, 0) is 17.3 Å². The van der Waals surface area contributed by atoms with Gasteiger partial charge < -0.3 is 9.88 Å². The van der Waals surface area contributed by atoms with E-state index < -0.39 is 10.2 Å². The number of piperidine rings is 1. The highest BCUT2D eigenvalue weighted by molar-refractivity contribution is 7.86. The van der Waals surface area contributed by atoms with Gasteiger partial charge in [0.05, 0.1) is 0 Å². The van der Waals surface area contributed by atoms with Crippen LogP contribution in [0.2, 0.25) is 0 Å². The van der Waals surface area contributed by atoms with Gasteiger partial charge in [-0.05, 0) is 30.9 Å². The smallest absolute Gasteiger partial charge is 0.281 e. The third kappa shape index (κ3) is 4.03. The van der Waals surface area contributed by atoms with Gasteiger partial charge in [0.2, 0.25) is 0 Å². The summed E-state index contributed by atoms with van der Waals surface area (Å²) < 4.78 is 28.1. The number of pyridine rings is 1. The predicted octanol–water partition coefficient (Wildman–Crippen LogP) is -0.366. The van der Waals surface area contributed by atoms with Crippen LogP contribution in [-0.4, -0.2) is 61.2 Å². The van der Waals surface area contributed by atoms with Gasteiger partial charge in [-0.15, -0.1) is 0 Å². The molecular formula is C15H24N4O4S. The van der Waals surface area contributed by atoms with Crippen LogP contribution in [0.15, 0.2) is 23.1 Å². The van der Waals surface area contributed by atoms with Crippen molar-refractivity contribution in [2.45, 2.75) is 12.8 Å². The Balaban J connectivity index is 1.88. The largest absolute Gasteiger partial charge is 0.352 e. The first-order valence-electron chi connectivity index (χ1n) is 7.85. The third-order valence-electron chi connectivity index (χ3n) is 4.28. The number of aryl methyl sites for hydroxylation is 1. The van der Waals surface area contributed by atoms with Crippen LogP contribution in [0.4, 0.5) is 0 Å². The van der Waals surface area contributed by atoms with Crippen molar-refractivity contribution in [2.75, 3.05) is 33.7 Å². The molecule has 1 aromatic heterocycles. The van der Waals surface area contributed by atoms with E-state index in [4.69, 9.17) is 0 Å². The second-order valence-corrected chi connectivity index (χ2v) is 8.32. The Hall–Kier alpha value is -1.71. The third-order valence-corrected chi connectivity index (χ3v) is 6.22. The lowest BCUT2D eigenvalue weighted by Gasteiger charge is -2.32. The zero-order chi connectivity index (χ0) is 17.9. The molecule has 0 aliphatic carbocycles. The highest BCUT2D eigenvalue weighted by Crippen LogP contribution is 2.19. The number of amides is 1. The number of carbonyl (C=O) groups excluding carboxylic acids is 1. The Morgan fingerprint density at radius 3 is 2.54 bits per heavy atom. The fraction of sp³-hybridized carbons (Fsp3) is 0.600. The van der Waals surface area contributed by atoms with Crippen LogP contribution in [0, 0.1) is 5.92 Å². The number of rotatable bonds is 5. The summed E-state index contributed by atoms with van der Waals surface area (Å²) in [5, 5.41) is 2.78. The Morgan fingerprint density at radius 1 is 1.33 bits per heavy atom. The molecule has 0 saturated carbocycles. The minimum Gasteiger partial charge on any atom is -0.352 e. The normalized spacial score (nSPS) is 17.2. The summed E-state index contributed by atoms with van der Waals surface area (Å²) in [4.78, 5) is 24.0. The highest BCUT2D eigenvalue weighted by atomic mass is 32.2. The molecule has 1 aliphatic rings. The molecule has 1 saturated heterocycles. The second-order valence-electron chi connectivity index (χ2n) is 6.18. The van der Waals surface area contributed by atoms with Gasteiger partial charge in [-0.1, -0.05) is 0 Å². The van der Waals surface area contributed by atoms with Crippen molar-refractivity contribution in [3.8, 4) is 0 Å². The molecule has 1 amide bonds. The van der Waals surface area contributed by atoms with Crippen LogP contribution >= 0.6 is 0 Å². The van der Waals surface area contributed by atoms with Crippen LogP contribution in [0.1, 0.15) is 23.2 Å².